The zero-order valence-electron chi connectivity index (χ0n) is 20.0. The molecule has 1 atom stereocenters. The summed E-state index contributed by atoms with van der Waals surface area (Å²) in [5.74, 6) is 0.869. The van der Waals surface area contributed by atoms with Crippen molar-refractivity contribution in [2.45, 2.75) is 31.2 Å². The molecule has 0 saturated carbocycles. The van der Waals surface area contributed by atoms with E-state index in [1.54, 1.807) is 7.11 Å². The molecule has 3 heterocycles. The third-order valence-electron chi connectivity index (χ3n) is 7.48. The van der Waals surface area contributed by atoms with Gasteiger partial charge in [-0.05, 0) is 23.3 Å². The maximum atomic E-state index is 13.1. The van der Waals surface area contributed by atoms with Crippen LogP contribution in [0.25, 0.3) is 10.9 Å². The van der Waals surface area contributed by atoms with E-state index in [9.17, 15) is 14.7 Å². The summed E-state index contributed by atoms with van der Waals surface area (Å²) in [6.45, 7) is 3.32. The van der Waals surface area contributed by atoms with E-state index >= 15 is 0 Å². The van der Waals surface area contributed by atoms with E-state index in [2.05, 4.69) is 10.6 Å². The molecule has 2 aliphatic heterocycles. The minimum absolute atomic E-state index is 0.0148. The third kappa shape index (κ3) is 3.38. The predicted octanol–water partition coefficient (Wildman–Crippen LogP) is 2.80. The van der Waals surface area contributed by atoms with Crippen LogP contribution in [0.15, 0.2) is 48.5 Å². The molecule has 2 amide bonds. The van der Waals surface area contributed by atoms with E-state index in [1.165, 1.54) is 0 Å². The zero-order valence-corrected chi connectivity index (χ0v) is 20.0. The third-order valence-corrected chi connectivity index (χ3v) is 7.48. The van der Waals surface area contributed by atoms with Crippen molar-refractivity contribution in [3.63, 3.8) is 0 Å². The Kier molecular flexibility index (Phi) is 5.60. The molecule has 5 rings (SSSR count). The second-order valence-electron chi connectivity index (χ2n) is 9.47. The van der Waals surface area contributed by atoms with Gasteiger partial charge < -0.3 is 24.2 Å². The predicted molar refractivity (Wildman–Crippen MR) is 130 cm³/mol. The Labute approximate surface area is 199 Å². The Hall–Kier alpha value is -3.32. The first-order valence-corrected chi connectivity index (χ1v) is 11.8. The number of likely N-dealkylation sites (tertiary alicyclic amines) is 1. The highest BCUT2D eigenvalue weighted by molar-refractivity contribution is 5.91. The van der Waals surface area contributed by atoms with Crippen LogP contribution in [0, 0.1) is 0 Å². The minimum Gasteiger partial charge on any atom is -0.497 e. The monoisotopic (exact) mass is 461 g/mol. The molecule has 1 N–H and O–H groups in total. The van der Waals surface area contributed by atoms with Crippen LogP contribution in [-0.2, 0) is 28.5 Å². The SMILES string of the molecule is CCC(=O)N1CC2(CN(C(=O)Cc3ccccc3)C2)c2c(n(C)c3cc(OC)ccc23)[C@@H]1CO. The molecule has 0 radical (unpaired) electrons. The van der Waals surface area contributed by atoms with Crippen molar-refractivity contribution in [1.29, 1.82) is 0 Å². The first kappa shape index (κ1) is 22.5. The first-order valence-electron chi connectivity index (χ1n) is 11.8. The van der Waals surface area contributed by atoms with E-state index in [1.807, 2.05) is 66.2 Å². The molecule has 0 unspecified atom stereocenters. The standard InChI is InChI=1S/C27H31N3O4/c1-4-23(32)30-17-27(15-29(16-27)24(33)12-18-8-6-5-7-9-18)25-20-11-10-19(34-3)13-21(20)28(2)26(25)22(30)14-31/h5-11,13,22,31H,4,12,14-17H2,1-3H3/t22-/m0/s1. The second-order valence-corrected chi connectivity index (χ2v) is 9.47. The number of ether oxygens (including phenoxy) is 1. The number of carbonyl (C=O) groups excluding carboxylic acids is 2. The summed E-state index contributed by atoms with van der Waals surface area (Å²) < 4.78 is 7.54. The topological polar surface area (TPSA) is 75.0 Å². The summed E-state index contributed by atoms with van der Waals surface area (Å²) >= 11 is 0. The average molecular weight is 462 g/mol. The van der Waals surface area contributed by atoms with Gasteiger partial charge in [-0.1, -0.05) is 37.3 Å². The van der Waals surface area contributed by atoms with Crippen LogP contribution in [0.2, 0.25) is 0 Å². The Morgan fingerprint density at radius 2 is 1.82 bits per heavy atom. The molecule has 34 heavy (non-hydrogen) atoms. The molecule has 1 aromatic heterocycles. The van der Waals surface area contributed by atoms with Gasteiger partial charge in [0.05, 0.1) is 37.1 Å². The van der Waals surface area contributed by atoms with Gasteiger partial charge in [0, 0.05) is 50.2 Å². The van der Waals surface area contributed by atoms with E-state index in [4.69, 9.17) is 4.74 Å². The van der Waals surface area contributed by atoms with Gasteiger partial charge in [-0.25, -0.2) is 0 Å². The quantitative estimate of drug-likeness (QED) is 0.634. The summed E-state index contributed by atoms with van der Waals surface area (Å²) in [7, 11) is 3.62. The summed E-state index contributed by atoms with van der Waals surface area (Å²) in [4.78, 5) is 29.7. The summed E-state index contributed by atoms with van der Waals surface area (Å²) in [5, 5.41) is 11.5. The van der Waals surface area contributed by atoms with Crippen molar-refractivity contribution in [1.82, 2.24) is 14.4 Å². The van der Waals surface area contributed by atoms with Crippen molar-refractivity contribution in [3.8, 4) is 5.75 Å². The number of benzene rings is 2. The lowest BCUT2D eigenvalue weighted by Crippen LogP contribution is -2.68. The normalized spacial score (nSPS) is 18.6. The number of aliphatic hydroxyl groups excluding tert-OH is 1. The molecule has 3 aromatic rings. The fourth-order valence-corrected chi connectivity index (χ4v) is 5.82. The molecule has 0 aliphatic carbocycles. The molecule has 1 saturated heterocycles. The fourth-order valence-electron chi connectivity index (χ4n) is 5.82. The van der Waals surface area contributed by atoms with E-state index in [0.717, 1.165) is 33.5 Å². The highest BCUT2D eigenvalue weighted by Crippen LogP contribution is 2.49. The second kappa shape index (κ2) is 8.47. The van der Waals surface area contributed by atoms with Crippen molar-refractivity contribution in [3.05, 3.63) is 65.4 Å². The highest BCUT2D eigenvalue weighted by Gasteiger charge is 2.55. The average Bonchev–Trinajstić information content (AvgIpc) is 3.14. The van der Waals surface area contributed by atoms with E-state index in [-0.39, 0.29) is 23.8 Å². The van der Waals surface area contributed by atoms with Gasteiger partial charge in [0.15, 0.2) is 0 Å². The molecule has 1 fully saturated rings. The van der Waals surface area contributed by atoms with Crippen LogP contribution in [-0.4, -0.2) is 64.6 Å². The van der Waals surface area contributed by atoms with Gasteiger partial charge in [-0.15, -0.1) is 0 Å². The number of hydrogen-bond acceptors (Lipinski definition) is 4. The van der Waals surface area contributed by atoms with Crippen molar-refractivity contribution in [2.75, 3.05) is 33.4 Å². The lowest BCUT2D eigenvalue weighted by molar-refractivity contribution is -0.144. The lowest BCUT2D eigenvalue weighted by Gasteiger charge is -2.56. The van der Waals surface area contributed by atoms with Crippen molar-refractivity contribution in [2.24, 2.45) is 7.05 Å². The zero-order chi connectivity index (χ0) is 24.0. The van der Waals surface area contributed by atoms with Crippen LogP contribution in [0.3, 0.4) is 0 Å². The number of carbonyl (C=O) groups is 2. The van der Waals surface area contributed by atoms with Crippen LogP contribution in [0.5, 0.6) is 5.75 Å². The number of methoxy groups -OCH3 is 1. The van der Waals surface area contributed by atoms with Gasteiger partial charge in [0.1, 0.15) is 5.75 Å². The Balaban J connectivity index is 1.56. The molecule has 0 bridgehead atoms. The fraction of sp³-hybridized carbons (Fsp3) is 0.407. The summed E-state index contributed by atoms with van der Waals surface area (Å²) in [6.07, 6.45) is 0.740. The number of nitrogens with zero attached hydrogens (tertiary/aromatic N) is 3. The molecule has 178 valence electrons. The summed E-state index contributed by atoms with van der Waals surface area (Å²) in [6, 6.07) is 15.4. The van der Waals surface area contributed by atoms with Gasteiger partial charge >= 0.3 is 0 Å². The number of hydrogen-bond donors (Lipinski definition) is 1. The van der Waals surface area contributed by atoms with E-state index in [0.29, 0.717) is 32.5 Å². The largest absolute Gasteiger partial charge is 0.497 e. The smallest absolute Gasteiger partial charge is 0.227 e. The van der Waals surface area contributed by atoms with Crippen LogP contribution < -0.4 is 4.74 Å². The number of rotatable bonds is 5. The number of aryl methyl sites for hydroxylation is 1. The Morgan fingerprint density at radius 1 is 1.09 bits per heavy atom. The maximum absolute atomic E-state index is 13.1. The van der Waals surface area contributed by atoms with Gasteiger partial charge in [-0.2, -0.15) is 0 Å². The van der Waals surface area contributed by atoms with Gasteiger partial charge in [-0.3, -0.25) is 9.59 Å². The van der Waals surface area contributed by atoms with E-state index < -0.39 is 6.04 Å². The minimum atomic E-state index is -0.412. The number of amides is 2. The maximum Gasteiger partial charge on any atom is 0.227 e. The van der Waals surface area contributed by atoms with Crippen molar-refractivity contribution >= 4 is 22.7 Å². The molecule has 1 spiro atoms. The van der Waals surface area contributed by atoms with Crippen LogP contribution in [0.4, 0.5) is 0 Å². The molecule has 7 nitrogen and oxygen atoms in total. The Bertz CT molecular complexity index is 1240. The highest BCUT2D eigenvalue weighted by atomic mass is 16.5. The number of aliphatic hydroxyl groups is 1. The molecule has 2 aromatic carbocycles. The number of fused-ring (bicyclic) bond motifs is 4. The molecule has 7 heteroatoms. The molecular weight excluding hydrogens is 430 g/mol. The molecular formula is C27H31N3O4. The van der Waals surface area contributed by atoms with Crippen LogP contribution in [0.1, 0.15) is 36.2 Å². The van der Waals surface area contributed by atoms with Crippen LogP contribution >= 0.6 is 0 Å². The van der Waals surface area contributed by atoms with Crippen molar-refractivity contribution < 1.29 is 19.4 Å². The summed E-state index contributed by atoms with van der Waals surface area (Å²) in [5.41, 5.74) is 3.75. The lowest BCUT2D eigenvalue weighted by atomic mass is 9.68. The number of aromatic nitrogens is 1. The van der Waals surface area contributed by atoms with Gasteiger partial charge in [0.25, 0.3) is 0 Å². The molecule has 2 aliphatic rings. The first-order chi connectivity index (χ1) is 16.4. The van der Waals surface area contributed by atoms with Gasteiger partial charge in [0.2, 0.25) is 11.8 Å². The Morgan fingerprint density at radius 3 is 2.47 bits per heavy atom.